The minimum atomic E-state index is 0.244. The van der Waals surface area contributed by atoms with Crippen LogP contribution >= 0.6 is 0 Å². The van der Waals surface area contributed by atoms with Crippen LogP contribution < -0.4 is 5.32 Å². The van der Waals surface area contributed by atoms with Gasteiger partial charge in [-0.1, -0.05) is 168 Å². The number of hydrogen-bond donors (Lipinski definition) is 1. The van der Waals surface area contributed by atoms with E-state index in [0.717, 1.165) is 43.5 Å². The molecule has 1 rings (SSSR count). The molecule has 0 aromatic heterocycles. The maximum Gasteiger partial charge on any atom is 0.220 e. The fraction of sp³-hybridized carbons (Fsp3) is 0.946. The van der Waals surface area contributed by atoms with Crippen LogP contribution in [0.3, 0.4) is 0 Å². The highest BCUT2D eigenvalue weighted by Gasteiger charge is 2.32. The Bertz CT molecular complexity index is 619. The first kappa shape index (κ1) is 38.1. The van der Waals surface area contributed by atoms with Crippen molar-refractivity contribution >= 4 is 11.7 Å². The molecule has 0 fully saturated rings. The number of carbonyl (C=O) groups excluding carboxylic acids is 1. The van der Waals surface area contributed by atoms with E-state index in [-0.39, 0.29) is 5.91 Å². The Morgan fingerprint density at radius 1 is 0.610 bits per heavy atom. The van der Waals surface area contributed by atoms with Crippen molar-refractivity contribution in [3.63, 3.8) is 0 Å². The third-order valence-electron chi connectivity index (χ3n) is 9.45. The van der Waals surface area contributed by atoms with Crippen molar-refractivity contribution in [1.29, 1.82) is 0 Å². The van der Waals surface area contributed by atoms with Crippen LogP contribution in [0.2, 0.25) is 0 Å². The zero-order valence-corrected chi connectivity index (χ0v) is 28.4. The van der Waals surface area contributed by atoms with E-state index >= 15 is 0 Å². The van der Waals surface area contributed by atoms with E-state index in [0.29, 0.717) is 6.42 Å². The van der Waals surface area contributed by atoms with Gasteiger partial charge in [-0.2, -0.15) is 0 Å². The first-order valence-corrected chi connectivity index (χ1v) is 18.8. The topological polar surface area (TPSA) is 41.5 Å². The molecule has 1 unspecified atom stereocenters. The van der Waals surface area contributed by atoms with Gasteiger partial charge in [0.05, 0.1) is 20.1 Å². The normalized spacial score (nSPS) is 16.8. The van der Waals surface area contributed by atoms with Gasteiger partial charge in [0.1, 0.15) is 13.1 Å². The highest BCUT2D eigenvalue weighted by atomic mass is 16.1. The van der Waals surface area contributed by atoms with E-state index in [1.807, 2.05) is 0 Å². The van der Waals surface area contributed by atoms with Crippen molar-refractivity contribution in [3.8, 4) is 0 Å². The molecular formula is C37H74N3O+. The van der Waals surface area contributed by atoms with E-state index in [1.54, 1.807) is 0 Å². The summed E-state index contributed by atoms with van der Waals surface area (Å²) in [6.07, 6.45) is 37.6. The van der Waals surface area contributed by atoms with Gasteiger partial charge in [0, 0.05) is 12.8 Å². The van der Waals surface area contributed by atoms with Crippen LogP contribution in [0.15, 0.2) is 4.99 Å². The number of rotatable bonds is 31. The summed E-state index contributed by atoms with van der Waals surface area (Å²) in [5, 5.41) is 3.21. The van der Waals surface area contributed by atoms with Gasteiger partial charge < -0.3 is 5.32 Å². The lowest BCUT2D eigenvalue weighted by Gasteiger charge is -2.30. The van der Waals surface area contributed by atoms with Gasteiger partial charge in [-0.25, -0.2) is 4.99 Å². The summed E-state index contributed by atoms with van der Waals surface area (Å²) in [7, 11) is 2.33. The number of quaternary nitrogens is 1. The van der Waals surface area contributed by atoms with E-state index in [1.165, 1.54) is 166 Å². The second-order valence-corrected chi connectivity index (χ2v) is 13.5. The van der Waals surface area contributed by atoms with Gasteiger partial charge >= 0.3 is 0 Å². The third-order valence-corrected chi connectivity index (χ3v) is 9.45. The van der Waals surface area contributed by atoms with Gasteiger partial charge in [0.2, 0.25) is 5.91 Å². The van der Waals surface area contributed by atoms with Crippen molar-refractivity contribution < 1.29 is 9.28 Å². The molecule has 1 N–H and O–H groups in total. The summed E-state index contributed by atoms with van der Waals surface area (Å²) < 4.78 is 0.942. The number of aliphatic imine (C=N–C) groups is 1. The summed E-state index contributed by atoms with van der Waals surface area (Å²) in [6, 6.07) is 0. The van der Waals surface area contributed by atoms with Gasteiger partial charge in [-0.3, -0.25) is 9.28 Å². The van der Waals surface area contributed by atoms with Crippen LogP contribution in [0.5, 0.6) is 0 Å². The Morgan fingerprint density at radius 3 is 1.44 bits per heavy atom. The summed E-state index contributed by atoms with van der Waals surface area (Å²) >= 11 is 0. The Balaban J connectivity index is 1.94. The van der Waals surface area contributed by atoms with Crippen molar-refractivity contribution in [2.45, 2.75) is 194 Å². The maximum absolute atomic E-state index is 12.4. The molecule has 0 saturated carbocycles. The number of hydrogen-bond acceptors (Lipinski definition) is 2. The number of carbonyl (C=O) groups is 1. The molecule has 242 valence electrons. The standard InChI is InChI=1S/C37H73N3O/c1-4-6-8-10-12-14-16-18-20-22-24-26-28-30-36-38-32-34-40(36,3)35-33-39-37(41)31-29-27-25-23-21-19-17-15-13-11-9-7-5-2/h4-35H2,1-3H3/p+1. The smallest absolute Gasteiger partial charge is 0.220 e. The number of unbranched alkanes of at least 4 members (excludes halogenated alkanes) is 24. The van der Waals surface area contributed by atoms with Crippen LogP contribution in [-0.4, -0.2) is 49.5 Å². The minimum absolute atomic E-state index is 0.244. The third kappa shape index (κ3) is 22.3. The van der Waals surface area contributed by atoms with E-state index in [2.05, 4.69) is 26.2 Å². The molecule has 0 radical (unpaired) electrons. The summed E-state index contributed by atoms with van der Waals surface area (Å²) in [6.45, 7) is 8.41. The van der Waals surface area contributed by atoms with Crippen molar-refractivity contribution in [3.05, 3.63) is 0 Å². The SMILES string of the molecule is CCCCCCCCCCCCCCCC(=O)NCC[N+]1(C)CCN=C1CCCCCCCCCCCCCCC. The highest BCUT2D eigenvalue weighted by Crippen LogP contribution is 2.18. The van der Waals surface area contributed by atoms with Crippen molar-refractivity contribution in [1.82, 2.24) is 5.32 Å². The van der Waals surface area contributed by atoms with Gasteiger partial charge in [-0.15, -0.1) is 0 Å². The molecule has 1 aliphatic heterocycles. The molecule has 0 spiro atoms. The minimum Gasteiger partial charge on any atom is -0.350 e. The summed E-state index contributed by atoms with van der Waals surface area (Å²) in [5.41, 5.74) is 0. The Kier molecular flexibility index (Phi) is 25.9. The molecule has 0 saturated heterocycles. The van der Waals surface area contributed by atoms with Gasteiger partial charge in [-0.05, 0) is 12.8 Å². The predicted molar refractivity (Wildman–Crippen MR) is 182 cm³/mol. The van der Waals surface area contributed by atoms with Crippen LogP contribution in [-0.2, 0) is 4.79 Å². The second kappa shape index (κ2) is 27.9. The number of amidine groups is 1. The zero-order valence-electron chi connectivity index (χ0n) is 28.4. The van der Waals surface area contributed by atoms with Gasteiger partial charge in [0.25, 0.3) is 0 Å². The monoisotopic (exact) mass is 577 g/mol. The molecule has 1 aliphatic rings. The van der Waals surface area contributed by atoms with E-state index in [9.17, 15) is 4.79 Å². The van der Waals surface area contributed by atoms with Crippen molar-refractivity contribution in [2.75, 3.05) is 33.2 Å². The van der Waals surface area contributed by atoms with E-state index in [4.69, 9.17) is 4.99 Å². The molecule has 41 heavy (non-hydrogen) atoms. The predicted octanol–water partition coefficient (Wildman–Crippen LogP) is 10.9. The summed E-state index contributed by atoms with van der Waals surface area (Å²) in [5.74, 6) is 1.62. The highest BCUT2D eigenvalue weighted by molar-refractivity contribution is 5.77. The molecule has 0 aromatic carbocycles. The quantitative estimate of drug-likeness (QED) is 0.0647. The van der Waals surface area contributed by atoms with Crippen LogP contribution in [0.25, 0.3) is 0 Å². The molecule has 0 bridgehead atoms. The lowest BCUT2D eigenvalue weighted by Crippen LogP contribution is -2.51. The Hall–Kier alpha value is -0.900. The maximum atomic E-state index is 12.4. The molecular weight excluding hydrogens is 502 g/mol. The second-order valence-electron chi connectivity index (χ2n) is 13.5. The fourth-order valence-electron chi connectivity index (χ4n) is 6.42. The molecule has 4 heteroatoms. The molecule has 1 heterocycles. The Morgan fingerprint density at radius 2 is 1.00 bits per heavy atom. The summed E-state index contributed by atoms with van der Waals surface area (Å²) in [4.78, 5) is 17.2. The molecule has 0 aliphatic carbocycles. The zero-order chi connectivity index (χ0) is 29.7. The van der Waals surface area contributed by atoms with Crippen molar-refractivity contribution in [2.24, 2.45) is 4.99 Å². The average Bonchev–Trinajstić information content (AvgIpc) is 3.33. The fourth-order valence-corrected chi connectivity index (χ4v) is 6.42. The van der Waals surface area contributed by atoms with Crippen LogP contribution in [0.4, 0.5) is 0 Å². The van der Waals surface area contributed by atoms with Crippen LogP contribution in [0.1, 0.15) is 194 Å². The molecule has 0 aromatic rings. The molecule has 1 amide bonds. The molecule has 4 nitrogen and oxygen atoms in total. The van der Waals surface area contributed by atoms with Gasteiger partial charge in [0.15, 0.2) is 5.84 Å². The van der Waals surface area contributed by atoms with Crippen LogP contribution in [0, 0.1) is 0 Å². The largest absolute Gasteiger partial charge is 0.350 e. The molecule has 1 atom stereocenters. The first-order chi connectivity index (χ1) is 20.1. The number of amides is 1. The van der Waals surface area contributed by atoms with E-state index < -0.39 is 0 Å². The first-order valence-electron chi connectivity index (χ1n) is 18.8. The number of nitrogens with zero attached hydrogens (tertiary/aromatic N) is 2. The number of likely N-dealkylation sites (N-methyl/N-ethyl adjacent to an activating group) is 1. The Labute approximate surface area is 257 Å². The lowest BCUT2D eigenvalue weighted by molar-refractivity contribution is -0.814. The lowest BCUT2D eigenvalue weighted by atomic mass is 10.0. The average molecular weight is 577 g/mol. The number of nitrogens with one attached hydrogen (secondary N) is 1.